The summed E-state index contributed by atoms with van der Waals surface area (Å²) in [7, 11) is 0. The number of ether oxygens (including phenoxy) is 2. The molecule has 0 radical (unpaired) electrons. The Bertz CT molecular complexity index is 1160. The number of hydrogen-bond acceptors (Lipinski definition) is 7. The SMILES string of the molecule is [2H][13C]([2H])([2H])[N@@+]1([C@H]2O[C@H](C(=O)[O-])[C@@H](O)[C@H](O)[C@H]2O)C[C@H]2c3ccccc3Oc3ccc(Cl)cc3[C@@H]2C1. The number of carboxylic acid groups (broad SMARTS) is 1. The highest BCUT2D eigenvalue weighted by Gasteiger charge is 2.57. The van der Waals surface area contributed by atoms with Gasteiger partial charge in [0.2, 0.25) is 6.23 Å². The van der Waals surface area contributed by atoms with Crippen LogP contribution in [0.15, 0.2) is 42.5 Å². The van der Waals surface area contributed by atoms with Crippen LogP contribution in [0.5, 0.6) is 11.5 Å². The number of quaternary nitrogens is 1. The summed E-state index contributed by atoms with van der Waals surface area (Å²) in [5.41, 5.74) is 1.42. The molecule has 2 aromatic carbocycles. The van der Waals surface area contributed by atoms with Crippen LogP contribution in [0.4, 0.5) is 0 Å². The second-order valence-electron chi connectivity index (χ2n) is 8.67. The molecule has 5 rings (SSSR count). The summed E-state index contributed by atoms with van der Waals surface area (Å²) in [6.45, 7) is -2.97. The average Bonchev–Trinajstić information content (AvgIpc) is 3.15. The molecule has 0 unspecified atom stereocenters. The van der Waals surface area contributed by atoms with Crippen LogP contribution in [0.25, 0.3) is 0 Å². The van der Waals surface area contributed by atoms with Gasteiger partial charge in [0.05, 0.1) is 30.1 Å². The topological polar surface area (TPSA) is 119 Å². The second-order valence-corrected chi connectivity index (χ2v) is 9.11. The number of hydrogen-bond donors (Lipinski definition) is 3. The number of aliphatic carboxylic acids is 1. The Morgan fingerprint density at radius 1 is 1.06 bits per heavy atom. The molecular formula is C23H24ClNO7. The van der Waals surface area contributed by atoms with Crippen LogP contribution in [0.2, 0.25) is 5.02 Å². The van der Waals surface area contributed by atoms with Crippen LogP contribution in [-0.4, -0.2) is 76.5 Å². The summed E-state index contributed by atoms with van der Waals surface area (Å²) >= 11 is 6.28. The Morgan fingerprint density at radius 3 is 2.47 bits per heavy atom. The number of likely N-dealkylation sites (tertiary alicyclic amines) is 1. The van der Waals surface area contributed by atoms with E-state index in [4.69, 9.17) is 25.2 Å². The van der Waals surface area contributed by atoms with Gasteiger partial charge in [-0.1, -0.05) is 29.8 Å². The molecule has 3 N–H and O–H groups in total. The summed E-state index contributed by atoms with van der Waals surface area (Å²) in [6, 6.07) is 12.3. The van der Waals surface area contributed by atoms with Crippen molar-refractivity contribution in [2.45, 2.75) is 42.5 Å². The second kappa shape index (κ2) is 7.69. The number of aliphatic hydroxyl groups excluding tert-OH is 3. The number of carbonyl (C=O) groups excluding carboxylic acids is 1. The molecule has 3 aliphatic heterocycles. The van der Waals surface area contributed by atoms with Crippen molar-refractivity contribution in [2.75, 3.05) is 20.1 Å². The highest BCUT2D eigenvalue weighted by Crippen LogP contribution is 2.53. The predicted molar refractivity (Wildman–Crippen MR) is 111 cm³/mol. The third-order valence-corrected chi connectivity index (χ3v) is 6.98. The molecule has 2 fully saturated rings. The zero-order valence-corrected chi connectivity index (χ0v) is 17.6. The monoisotopic (exact) mass is 465 g/mol. The first-order chi connectivity index (χ1) is 16.4. The standard InChI is InChI=1S/C23H24ClNO7/c1-25(22-20(28)18(26)19(27)21(32-22)23(29)30)9-14-12-4-2-3-5-16(12)31-17-7-6-11(24)8-13(17)15(14)10-25/h2-8,14-15,18-22,26-28H,9-10H2,1H3/t14-,15-,18-,19-,20+,21-,22-,25+/m0/s1/i1+1D3. The number of benzene rings is 2. The molecule has 3 aliphatic rings. The summed E-state index contributed by atoms with van der Waals surface area (Å²) in [5.74, 6) is -1.64. The number of carboxylic acids is 1. The third-order valence-electron chi connectivity index (χ3n) is 6.75. The highest BCUT2D eigenvalue weighted by atomic mass is 35.5. The van der Waals surface area contributed by atoms with Crippen molar-refractivity contribution < 1.29 is 43.3 Å². The fourth-order valence-corrected chi connectivity index (χ4v) is 5.41. The number of rotatable bonds is 2. The molecule has 0 bridgehead atoms. The molecule has 0 aliphatic carbocycles. The van der Waals surface area contributed by atoms with Crippen LogP contribution in [0.3, 0.4) is 0 Å². The van der Waals surface area contributed by atoms with Crippen molar-refractivity contribution in [1.82, 2.24) is 0 Å². The maximum Gasteiger partial charge on any atom is 0.223 e. The Hall–Kier alpha value is -2.20. The van der Waals surface area contributed by atoms with E-state index in [1.807, 2.05) is 12.1 Å². The van der Waals surface area contributed by atoms with Gasteiger partial charge in [-0.25, -0.2) is 0 Å². The highest BCUT2D eigenvalue weighted by molar-refractivity contribution is 6.30. The van der Waals surface area contributed by atoms with E-state index in [9.17, 15) is 25.2 Å². The van der Waals surface area contributed by atoms with Gasteiger partial charge in [0.25, 0.3) is 0 Å². The predicted octanol–water partition coefficient (Wildman–Crippen LogP) is 0.331. The molecule has 0 saturated carbocycles. The Kier molecular flexibility index (Phi) is 4.39. The molecule has 0 spiro atoms. The summed E-state index contributed by atoms with van der Waals surface area (Å²) < 4.78 is 36.2. The van der Waals surface area contributed by atoms with E-state index in [1.165, 1.54) is 0 Å². The van der Waals surface area contributed by atoms with Crippen molar-refractivity contribution in [2.24, 2.45) is 0 Å². The number of nitrogens with zero attached hydrogens (tertiary/aromatic N) is 1. The zero-order chi connectivity index (χ0) is 25.3. The molecule has 170 valence electrons. The van der Waals surface area contributed by atoms with Gasteiger partial charge in [-0.2, -0.15) is 0 Å². The molecule has 3 heterocycles. The lowest BCUT2D eigenvalue weighted by Gasteiger charge is -2.47. The number of fused-ring (bicyclic) bond motifs is 5. The van der Waals surface area contributed by atoms with Crippen molar-refractivity contribution in [3.05, 3.63) is 58.6 Å². The number of likely N-dealkylation sites (N-methyl/N-ethyl adjacent to an activating group) is 1. The summed E-state index contributed by atoms with van der Waals surface area (Å²) in [4.78, 5) is 11.6. The Balaban J connectivity index is 1.67. The van der Waals surface area contributed by atoms with Gasteiger partial charge in [0.15, 0.2) is 6.10 Å². The van der Waals surface area contributed by atoms with Gasteiger partial charge in [-0.3, -0.25) is 4.48 Å². The summed E-state index contributed by atoms with van der Waals surface area (Å²) in [5, 5.41) is 43.5. The first-order valence-corrected chi connectivity index (χ1v) is 10.7. The molecular weight excluding hydrogens is 439 g/mol. The molecule has 9 heteroatoms. The van der Waals surface area contributed by atoms with E-state index in [1.54, 1.807) is 30.3 Å². The van der Waals surface area contributed by atoms with Gasteiger partial charge in [0.1, 0.15) is 29.8 Å². The van der Waals surface area contributed by atoms with E-state index in [0.29, 0.717) is 22.1 Å². The van der Waals surface area contributed by atoms with Gasteiger partial charge < -0.3 is 34.7 Å². The van der Waals surface area contributed by atoms with Crippen molar-refractivity contribution >= 4 is 17.6 Å². The fourth-order valence-electron chi connectivity index (χ4n) is 5.23. The van der Waals surface area contributed by atoms with Crippen molar-refractivity contribution in [1.29, 1.82) is 0 Å². The third kappa shape index (κ3) is 3.30. The van der Waals surface area contributed by atoms with Crippen LogP contribution in [0.1, 0.15) is 27.1 Å². The average molecular weight is 466 g/mol. The fraction of sp³-hybridized carbons (Fsp3) is 0.435. The maximum atomic E-state index is 11.6. The normalized spacial score (nSPS) is 39.9. The summed E-state index contributed by atoms with van der Waals surface area (Å²) in [6.07, 6.45) is -9.49. The molecule has 0 amide bonds. The van der Waals surface area contributed by atoms with Crippen molar-refractivity contribution in [3.63, 3.8) is 0 Å². The lowest BCUT2D eigenvalue weighted by molar-refractivity contribution is -0.952. The van der Waals surface area contributed by atoms with Gasteiger partial charge in [-0.05, 0) is 24.3 Å². The Labute approximate surface area is 194 Å². The largest absolute Gasteiger partial charge is 0.547 e. The van der Waals surface area contributed by atoms with E-state index in [-0.39, 0.29) is 13.1 Å². The number of aliphatic hydroxyl groups is 3. The lowest BCUT2D eigenvalue weighted by Crippen LogP contribution is -2.69. The quantitative estimate of drug-likeness (QED) is 0.432. The Morgan fingerprint density at radius 2 is 1.75 bits per heavy atom. The zero-order valence-electron chi connectivity index (χ0n) is 19.8. The van der Waals surface area contributed by atoms with Crippen LogP contribution in [-0.2, 0) is 9.53 Å². The molecule has 2 saturated heterocycles. The van der Waals surface area contributed by atoms with E-state index >= 15 is 0 Å². The van der Waals surface area contributed by atoms with Gasteiger partial charge in [0, 0.05) is 28.0 Å². The van der Waals surface area contributed by atoms with Gasteiger partial charge >= 0.3 is 0 Å². The van der Waals surface area contributed by atoms with Crippen LogP contribution in [0, 0.1) is 0 Å². The number of para-hydroxylation sites is 1. The van der Waals surface area contributed by atoms with Gasteiger partial charge in [-0.15, -0.1) is 0 Å². The molecule has 32 heavy (non-hydrogen) atoms. The first kappa shape index (κ1) is 18.3. The van der Waals surface area contributed by atoms with Crippen LogP contribution < -0.4 is 9.84 Å². The molecule has 8 nitrogen and oxygen atoms in total. The minimum Gasteiger partial charge on any atom is -0.547 e. The first-order valence-electron chi connectivity index (χ1n) is 11.8. The smallest absolute Gasteiger partial charge is 0.223 e. The van der Waals surface area contributed by atoms with E-state index < -0.39 is 59.9 Å². The lowest BCUT2D eigenvalue weighted by atomic mass is 9.84. The minimum absolute atomic E-state index is 0.0855. The molecule has 0 aromatic heterocycles. The molecule has 8 atom stereocenters. The van der Waals surface area contributed by atoms with E-state index in [0.717, 1.165) is 5.56 Å². The van der Waals surface area contributed by atoms with Crippen LogP contribution >= 0.6 is 11.6 Å². The number of halogens is 1. The maximum absolute atomic E-state index is 11.6. The van der Waals surface area contributed by atoms with E-state index in [2.05, 4.69) is 0 Å². The minimum atomic E-state index is -2.79. The molecule has 2 aromatic rings. The number of carbonyl (C=O) groups is 1. The van der Waals surface area contributed by atoms with Crippen molar-refractivity contribution in [3.8, 4) is 11.5 Å².